The first-order chi connectivity index (χ1) is 7.50. The van der Waals surface area contributed by atoms with Crippen LogP contribution in [0.3, 0.4) is 0 Å². The SMILES string of the molecule is CC(=O)N[C@H](Cc1ccccc1F)C(N)=O. The Balaban J connectivity index is 2.80. The lowest BCUT2D eigenvalue weighted by atomic mass is 10.0. The highest BCUT2D eigenvalue weighted by molar-refractivity contribution is 5.85. The van der Waals surface area contributed by atoms with Gasteiger partial charge in [-0.2, -0.15) is 0 Å². The number of halogens is 1. The largest absolute Gasteiger partial charge is 0.368 e. The molecule has 16 heavy (non-hydrogen) atoms. The molecule has 5 heteroatoms. The molecule has 0 aliphatic heterocycles. The molecule has 0 spiro atoms. The Kier molecular flexibility index (Phi) is 3.99. The van der Waals surface area contributed by atoms with Gasteiger partial charge in [-0.25, -0.2) is 4.39 Å². The van der Waals surface area contributed by atoms with Crippen molar-refractivity contribution in [2.75, 3.05) is 0 Å². The minimum Gasteiger partial charge on any atom is -0.368 e. The highest BCUT2D eigenvalue weighted by Gasteiger charge is 2.18. The molecule has 0 unspecified atom stereocenters. The highest BCUT2D eigenvalue weighted by Crippen LogP contribution is 2.09. The van der Waals surface area contributed by atoms with Crippen LogP contribution in [0.4, 0.5) is 4.39 Å². The summed E-state index contributed by atoms with van der Waals surface area (Å²) in [5.74, 6) is -1.47. The van der Waals surface area contributed by atoms with Crippen LogP contribution in [0.1, 0.15) is 12.5 Å². The molecule has 0 bridgehead atoms. The van der Waals surface area contributed by atoms with E-state index in [-0.39, 0.29) is 12.3 Å². The van der Waals surface area contributed by atoms with E-state index in [9.17, 15) is 14.0 Å². The average Bonchev–Trinajstić information content (AvgIpc) is 2.19. The van der Waals surface area contributed by atoms with Crippen LogP contribution in [0, 0.1) is 5.82 Å². The normalized spacial score (nSPS) is 11.9. The molecule has 4 nitrogen and oxygen atoms in total. The van der Waals surface area contributed by atoms with Crippen LogP contribution in [0.25, 0.3) is 0 Å². The lowest BCUT2D eigenvalue weighted by molar-refractivity contribution is -0.126. The molecule has 1 aromatic rings. The number of hydrogen-bond acceptors (Lipinski definition) is 2. The Morgan fingerprint density at radius 3 is 2.56 bits per heavy atom. The number of carbonyl (C=O) groups is 2. The van der Waals surface area contributed by atoms with E-state index >= 15 is 0 Å². The van der Waals surface area contributed by atoms with E-state index in [2.05, 4.69) is 5.32 Å². The second-order valence-corrected chi connectivity index (χ2v) is 3.45. The lowest BCUT2D eigenvalue weighted by Gasteiger charge is -2.14. The molecule has 0 aliphatic rings. The van der Waals surface area contributed by atoms with Gasteiger partial charge in [-0.3, -0.25) is 9.59 Å². The van der Waals surface area contributed by atoms with Crippen molar-refractivity contribution in [1.29, 1.82) is 0 Å². The Hall–Kier alpha value is -1.91. The fourth-order valence-electron chi connectivity index (χ4n) is 1.35. The van der Waals surface area contributed by atoms with Gasteiger partial charge in [-0.15, -0.1) is 0 Å². The summed E-state index contributed by atoms with van der Waals surface area (Å²) in [6, 6.07) is 5.17. The van der Waals surface area contributed by atoms with Crippen LogP contribution in [0.5, 0.6) is 0 Å². The third kappa shape index (κ3) is 3.34. The number of nitrogens with one attached hydrogen (secondary N) is 1. The molecule has 2 amide bonds. The molecule has 86 valence electrons. The molecular formula is C11H13FN2O2. The maximum absolute atomic E-state index is 13.3. The van der Waals surface area contributed by atoms with Crippen LogP contribution >= 0.6 is 0 Å². The van der Waals surface area contributed by atoms with Crippen LogP contribution in [0.2, 0.25) is 0 Å². The number of rotatable bonds is 4. The maximum Gasteiger partial charge on any atom is 0.240 e. The summed E-state index contributed by atoms with van der Waals surface area (Å²) in [5, 5.41) is 2.37. The Morgan fingerprint density at radius 1 is 1.44 bits per heavy atom. The first-order valence-electron chi connectivity index (χ1n) is 4.80. The fraction of sp³-hybridized carbons (Fsp3) is 0.273. The molecule has 0 fully saturated rings. The lowest BCUT2D eigenvalue weighted by Crippen LogP contribution is -2.45. The average molecular weight is 224 g/mol. The van der Waals surface area contributed by atoms with E-state index < -0.39 is 17.8 Å². The van der Waals surface area contributed by atoms with Crippen molar-refractivity contribution in [2.45, 2.75) is 19.4 Å². The minimum atomic E-state index is -0.880. The van der Waals surface area contributed by atoms with E-state index in [1.165, 1.54) is 13.0 Å². The summed E-state index contributed by atoms with van der Waals surface area (Å²) in [7, 11) is 0. The summed E-state index contributed by atoms with van der Waals surface area (Å²) >= 11 is 0. The van der Waals surface area contributed by atoms with Gasteiger partial charge in [0.1, 0.15) is 11.9 Å². The van der Waals surface area contributed by atoms with E-state index in [0.29, 0.717) is 5.56 Å². The molecule has 0 saturated carbocycles. The van der Waals surface area contributed by atoms with Crippen LogP contribution in [0.15, 0.2) is 24.3 Å². The van der Waals surface area contributed by atoms with Crippen molar-refractivity contribution in [2.24, 2.45) is 5.73 Å². The van der Waals surface area contributed by atoms with Crippen molar-refractivity contribution in [1.82, 2.24) is 5.32 Å². The summed E-state index contributed by atoms with van der Waals surface area (Å²) in [4.78, 5) is 21.9. The summed E-state index contributed by atoms with van der Waals surface area (Å²) < 4.78 is 13.3. The van der Waals surface area contributed by atoms with Crippen LogP contribution in [-0.2, 0) is 16.0 Å². The molecule has 1 rings (SSSR count). The second-order valence-electron chi connectivity index (χ2n) is 3.45. The van der Waals surface area contributed by atoms with Crippen molar-refractivity contribution in [3.05, 3.63) is 35.6 Å². The minimum absolute atomic E-state index is 0.0571. The van der Waals surface area contributed by atoms with Gasteiger partial charge in [0.2, 0.25) is 11.8 Å². The third-order valence-corrected chi connectivity index (χ3v) is 2.10. The fourth-order valence-corrected chi connectivity index (χ4v) is 1.35. The number of amides is 2. The molecule has 0 aliphatic carbocycles. The van der Waals surface area contributed by atoms with Crippen LogP contribution in [-0.4, -0.2) is 17.9 Å². The maximum atomic E-state index is 13.3. The van der Waals surface area contributed by atoms with E-state index in [1.54, 1.807) is 18.2 Å². The first kappa shape index (κ1) is 12.2. The number of carbonyl (C=O) groups excluding carboxylic acids is 2. The van der Waals surface area contributed by atoms with Gasteiger partial charge in [0.05, 0.1) is 0 Å². The topological polar surface area (TPSA) is 72.2 Å². The van der Waals surface area contributed by atoms with Gasteiger partial charge < -0.3 is 11.1 Å². The van der Waals surface area contributed by atoms with E-state index in [4.69, 9.17) is 5.73 Å². The van der Waals surface area contributed by atoms with Crippen molar-refractivity contribution in [3.63, 3.8) is 0 Å². The van der Waals surface area contributed by atoms with Crippen molar-refractivity contribution < 1.29 is 14.0 Å². The standard InChI is InChI=1S/C11H13FN2O2/c1-7(15)14-10(11(13)16)6-8-4-2-3-5-9(8)12/h2-5,10H,6H2,1H3,(H2,13,16)(H,14,15)/t10-/m1/s1. The highest BCUT2D eigenvalue weighted by atomic mass is 19.1. The number of hydrogen-bond donors (Lipinski definition) is 2. The van der Waals surface area contributed by atoms with Crippen molar-refractivity contribution >= 4 is 11.8 Å². The zero-order chi connectivity index (χ0) is 12.1. The summed E-state index contributed by atoms with van der Waals surface area (Å²) in [6.07, 6.45) is 0.0571. The molecule has 3 N–H and O–H groups in total. The van der Waals surface area contributed by atoms with Gasteiger partial charge in [-0.05, 0) is 11.6 Å². The molecule has 0 heterocycles. The first-order valence-corrected chi connectivity index (χ1v) is 4.80. The number of benzene rings is 1. The smallest absolute Gasteiger partial charge is 0.240 e. The molecular weight excluding hydrogens is 211 g/mol. The number of nitrogens with two attached hydrogens (primary N) is 1. The molecule has 0 saturated heterocycles. The second kappa shape index (κ2) is 5.25. The quantitative estimate of drug-likeness (QED) is 0.775. The van der Waals surface area contributed by atoms with Gasteiger partial charge in [0, 0.05) is 13.3 Å². The van der Waals surface area contributed by atoms with Crippen molar-refractivity contribution in [3.8, 4) is 0 Å². The molecule has 0 aromatic heterocycles. The third-order valence-electron chi connectivity index (χ3n) is 2.10. The monoisotopic (exact) mass is 224 g/mol. The zero-order valence-electron chi connectivity index (χ0n) is 8.87. The molecule has 1 atom stereocenters. The predicted octanol–water partition coefficient (Wildman–Crippen LogP) is 0.358. The Labute approximate surface area is 92.6 Å². The Morgan fingerprint density at radius 2 is 2.06 bits per heavy atom. The van der Waals surface area contributed by atoms with E-state index in [0.717, 1.165) is 0 Å². The summed E-state index contributed by atoms with van der Waals surface area (Å²) in [5.41, 5.74) is 5.45. The molecule has 0 radical (unpaired) electrons. The van der Waals surface area contributed by atoms with Gasteiger partial charge in [0.15, 0.2) is 0 Å². The number of primary amides is 1. The summed E-state index contributed by atoms with van der Waals surface area (Å²) in [6.45, 7) is 1.28. The van der Waals surface area contributed by atoms with Gasteiger partial charge >= 0.3 is 0 Å². The van der Waals surface area contributed by atoms with E-state index in [1.807, 2.05) is 0 Å². The van der Waals surface area contributed by atoms with Crippen LogP contribution < -0.4 is 11.1 Å². The molecule has 1 aromatic carbocycles. The zero-order valence-corrected chi connectivity index (χ0v) is 8.87. The Bertz CT molecular complexity index is 407. The van der Waals surface area contributed by atoms with Gasteiger partial charge in [-0.1, -0.05) is 18.2 Å². The predicted molar refractivity (Wildman–Crippen MR) is 56.9 cm³/mol. The van der Waals surface area contributed by atoms with Gasteiger partial charge in [0.25, 0.3) is 0 Å².